The number of carbonyl (C=O) groups excluding carboxylic acids is 2. The summed E-state index contributed by atoms with van der Waals surface area (Å²) in [4.78, 5) is 31.8. The molecule has 1 aliphatic heterocycles. The van der Waals surface area contributed by atoms with Crippen molar-refractivity contribution in [2.45, 2.75) is 26.3 Å². The standard InChI is InChI=1S/C28H31ClN2O4S/c1-19(2)16-30(28(33)20-6-4-7-21(29)14-20)17-27(32)31-12-10-26-24(11-13-36-26)25(31)18-35-23-9-5-8-22(15-23)34-3/h4-9,11,13-15,19,25H,10,12,16-18H2,1-3H3. The molecule has 0 radical (unpaired) electrons. The number of hydrogen-bond donors (Lipinski definition) is 0. The van der Waals surface area contributed by atoms with Crippen LogP contribution in [0.5, 0.6) is 11.5 Å². The Bertz CT molecular complexity index is 1210. The van der Waals surface area contributed by atoms with Crippen molar-refractivity contribution in [1.29, 1.82) is 0 Å². The van der Waals surface area contributed by atoms with Crippen LogP contribution in [0, 0.1) is 5.92 Å². The number of amides is 2. The lowest BCUT2D eigenvalue weighted by Crippen LogP contribution is -2.48. The SMILES string of the molecule is COc1cccc(OCC2c3ccsc3CCN2C(=O)CN(CC(C)C)C(=O)c2cccc(Cl)c2)c1. The monoisotopic (exact) mass is 526 g/mol. The molecule has 0 spiro atoms. The highest BCUT2D eigenvalue weighted by Crippen LogP contribution is 2.34. The van der Waals surface area contributed by atoms with Crippen molar-refractivity contribution in [2.75, 3.05) is 33.4 Å². The van der Waals surface area contributed by atoms with E-state index in [0.29, 0.717) is 41.8 Å². The van der Waals surface area contributed by atoms with Crippen LogP contribution in [0.2, 0.25) is 5.02 Å². The van der Waals surface area contributed by atoms with Crippen molar-refractivity contribution in [3.05, 3.63) is 81.0 Å². The van der Waals surface area contributed by atoms with E-state index in [0.717, 1.165) is 12.0 Å². The molecule has 1 atom stereocenters. The molecule has 4 rings (SSSR count). The smallest absolute Gasteiger partial charge is 0.254 e. The van der Waals surface area contributed by atoms with Crippen LogP contribution >= 0.6 is 22.9 Å². The van der Waals surface area contributed by atoms with Gasteiger partial charge >= 0.3 is 0 Å². The molecule has 6 nitrogen and oxygen atoms in total. The molecule has 2 aromatic carbocycles. The van der Waals surface area contributed by atoms with Crippen molar-refractivity contribution in [2.24, 2.45) is 5.92 Å². The molecule has 0 bridgehead atoms. The van der Waals surface area contributed by atoms with E-state index < -0.39 is 0 Å². The van der Waals surface area contributed by atoms with Crippen molar-refractivity contribution in [3.63, 3.8) is 0 Å². The molecule has 3 aromatic rings. The minimum absolute atomic E-state index is 0.00133. The Morgan fingerprint density at radius 3 is 2.67 bits per heavy atom. The zero-order valence-electron chi connectivity index (χ0n) is 20.8. The summed E-state index contributed by atoms with van der Waals surface area (Å²) in [6, 6.07) is 16.1. The first kappa shape index (κ1) is 26.0. The summed E-state index contributed by atoms with van der Waals surface area (Å²) in [5.41, 5.74) is 1.59. The van der Waals surface area contributed by atoms with Gasteiger partial charge in [-0.3, -0.25) is 9.59 Å². The molecule has 0 aliphatic carbocycles. The lowest BCUT2D eigenvalue weighted by molar-refractivity contribution is -0.135. The van der Waals surface area contributed by atoms with E-state index >= 15 is 0 Å². The summed E-state index contributed by atoms with van der Waals surface area (Å²) in [7, 11) is 1.62. The maximum atomic E-state index is 13.7. The minimum atomic E-state index is -0.235. The van der Waals surface area contributed by atoms with E-state index in [4.69, 9.17) is 21.1 Å². The van der Waals surface area contributed by atoms with Crippen LogP contribution in [0.15, 0.2) is 60.0 Å². The van der Waals surface area contributed by atoms with Gasteiger partial charge in [0.05, 0.1) is 13.2 Å². The Balaban J connectivity index is 1.54. The Kier molecular flexibility index (Phi) is 8.54. The number of rotatable bonds is 9. The summed E-state index contributed by atoms with van der Waals surface area (Å²) in [5, 5.41) is 2.55. The van der Waals surface area contributed by atoms with Crippen LogP contribution in [0.1, 0.15) is 40.7 Å². The number of fused-ring (bicyclic) bond motifs is 1. The second-order valence-corrected chi connectivity index (χ2v) is 10.7. The van der Waals surface area contributed by atoms with E-state index in [2.05, 4.69) is 11.4 Å². The number of hydrogen-bond acceptors (Lipinski definition) is 5. The Labute approximate surface area is 221 Å². The van der Waals surface area contributed by atoms with E-state index in [1.807, 2.05) is 43.0 Å². The number of carbonyl (C=O) groups is 2. The highest BCUT2D eigenvalue weighted by Gasteiger charge is 2.33. The predicted octanol–water partition coefficient (Wildman–Crippen LogP) is 5.71. The van der Waals surface area contributed by atoms with Gasteiger partial charge in [-0.2, -0.15) is 0 Å². The number of ether oxygens (including phenoxy) is 2. The van der Waals surface area contributed by atoms with Gasteiger partial charge < -0.3 is 19.3 Å². The van der Waals surface area contributed by atoms with Crippen molar-refractivity contribution < 1.29 is 19.1 Å². The number of thiophene rings is 1. The zero-order chi connectivity index (χ0) is 25.7. The molecule has 2 heterocycles. The maximum Gasteiger partial charge on any atom is 0.254 e. The average molecular weight is 527 g/mol. The molecule has 2 amide bonds. The third-order valence-electron chi connectivity index (χ3n) is 6.13. The quantitative estimate of drug-likeness (QED) is 0.358. The molecule has 0 saturated carbocycles. The lowest BCUT2D eigenvalue weighted by Gasteiger charge is -2.37. The van der Waals surface area contributed by atoms with Crippen LogP contribution in [0.3, 0.4) is 0 Å². The fraction of sp³-hybridized carbons (Fsp3) is 0.357. The van der Waals surface area contributed by atoms with Gasteiger partial charge in [0.2, 0.25) is 5.91 Å². The first-order chi connectivity index (χ1) is 17.4. The first-order valence-corrected chi connectivity index (χ1v) is 13.3. The molecule has 0 fully saturated rings. The van der Waals surface area contributed by atoms with Crippen LogP contribution < -0.4 is 9.47 Å². The van der Waals surface area contributed by atoms with Gasteiger partial charge in [-0.25, -0.2) is 0 Å². The second-order valence-electron chi connectivity index (χ2n) is 9.23. The molecule has 0 saturated heterocycles. The highest BCUT2D eigenvalue weighted by atomic mass is 35.5. The molecular formula is C28H31ClN2O4S. The Morgan fingerprint density at radius 1 is 1.14 bits per heavy atom. The molecule has 1 aromatic heterocycles. The summed E-state index contributed by atoms with van der Waals surface area (Å²) in [6.07, 6.45) is 0.792. The van der Waals surface area contributed by atoms with Crippen molar-refractivity contribution >= 4 is 34.8 Å². The summed E-state index contributed by atoms with van der Waals surface area (Å²) >= 11 is 7.83. The first-order valence-electron chi connectivity index (χ1n) is 12.0. The largest absolute Gasteiger partial charge is 0.497 e. The van der Waals surface area contributed by atoms with Gasteiger partial charge in [-0.1, -0.05) is 37.6 Å². The van der Waals surface area contributed by atoms with Gasteiger partial charge in [0, 0.05) is 34.6 Å². The van der Waals surface area contributed by atoms with Crippen molar-refractivity contribution in [1.82, 2.24) is 9.80 Å². The van der Waals surface area contributed by atoms with Gasteiger partial charge in [0.25, 0.3) is 5.91 Å². The average Bonchev–Trinajstić information content (AvgIpc) is 3.35. The highest BCUT2D eigenvalue weighted by molar-refractivity contribution is 7.10. The fourth-order valence-corrected chi connectivity index (χ4v) is 5.58. The Hall–Kier alpha value is -3.03. The van der Waals surface area contributed by atoms with Crippen LogP contribution in [-0.2, 0) is 11.2 Å². The molecule has 190 valence electrons. The van der Waals surface area contributed by atoms with E-state index in [1.54, 1.807) is 47.6 Å². The molecule has 8 heteroatoms. The molecule has 1 aliphatic rings. The van der Waals surface area contributed by atoms with Gasteiger partial charge in [0.1, 0.15) is 24.7 Å². The van der Waals surface area contributed by atoms with Crippen LogP contribution in [0.25, 0.3) is 0 Å². The predicted molar refractivity (Wildman–Crippen MR) is 143 cm³/mol. The van der Waals surface area contributed by atoms with E-state index in [1.165, 1.54) is 4.88 Å². The molecular weight excluding hydrogens is 496 g/mol. The third-order valence-corrected chi connectivity index (χ3v) is 7.37. The van der Waals surface area contributed by atoms with Crippen LogP contribution in [0.4, 0.5) is 0 Å². The number of methoxy groups -OCH3 is 1. The van der Waals surface area contributed by atoms with Crippen molar-refractivity contribution in [3.8, 4) is 11.5 Å². The summed E-state index contributed by atoms with van der Waals surface area (Å²) in [5.74, 6) is 1.31. The minimum Gasteiger partial charge on any atom is -0.497 e. The zero-order valence-corrected chi connectivity index (χ0v) is 22.3. The molecule has 36 heavy (non-hydrogen) atoms. The number of nitrogens with zero attached hydrogens (tertiary/aromatic N) is 2. The summed E-state index contributed by atoms with van der Waals surface area (Å²) in [6.45, 7) is 5.44. The maximum absolute atomic E-state index is 13.7. The lowest BCUT2D eigenvalue weighted by atomic mass is 10.00. The van der Waals surface area contributed by atoms with Gasteiger partial charge in [0.15, 0.2) is 0 Å². The topological polar surface area (TPSA) is 59.1 Å². The third kappa shape index (κ3) is 6.20. The van der Waals surface area contributed by atoms with Crippen LogP contribution in [-0.4, -0.2) is 55.0 Å². The molecule has 0 N–H and O–H groups in total. The van der Waals surface area contributed by atoms with E-state index in [9.17, 15) is 9.59 Å². The number of benzene rings is 2. The van der Waals surface area contributed by atoms with Gasteiger partial charge in [-0.05, 0) is 59.7 Å². The summed E-state index contributed by atoms with van der Waals surface area (Å²) < 4.78 is 11.4. The molecule has 1 unspecified atom stereocenters. The normalized spacial score (nSPS) is 14.9. The fourth-order valence-electron chi connectivity index (χ4n) is 4.46. The second kappa shape index (κ2) is 11.8. The van der Waals surface area contributed by atoms with Gasteiger partial charge in [-0.15, -0.1) is 11.3 Å². The number of halogens is 1. The Morgan fingerprint density at radius 2 is 1.92 bits per heavy atom. The van der Waals surface area contributed by atoms with E-state index in [-0.39, 0.29) is 30.3 Å².